The summed E-state index contributed by atoms with van der Waals surface area (Å²) < 4.78 is 15.3. The SMILES string of the molecule is Cn1ccnc1CC(O)c1c(F)cccc1Cl. The van der Waals surface area contributed by atoms with Gasteiger partial charge in [-0.2, -0.15) is 0 Å². The van der Waals surface area contributed by atoms with Crippen molar-refractivity contribution in [2.75, 3.05) is 0 Å². The molecule has 0 aliphatic rings. The topological polar surface area (TPSA) is 38.0 Å². The molecule has 1 aromatic carbocycles. The number of aryl methyl sites for hydroxylation is 1. The number of hydrogen-bond acceptors (Lipinski definition) is 2. The Morgan fingerprint density at radius 2 is 2.29 bits per heavy atom. The molecule has 1 atom stereocenters. The van der Waals surface area contributed by atoms with Crippen molar-refractivity contribution in [3.63, 3.8) is 0 Å². The van der Waals surface area contributed by atoms with Gasteiger partial charge in [0, 0.05) is 36.4 Å². The smallest absolute Gasteiger partial charge is 0.130 e. The van der Waals surface area contributed by atoms with Gasteiger partial charge in [-0.05, 0) is 12.1 Å². The lowest BCUT2D eigenvalue weighted by Crippen LogP contribution is -2.09. The molecule has 90 valence electrons. The summed E-state index contributed by atoms with van der Waals surface area (Å²) in [7, 11) is 1.82. The summed E-state index contributed by atoms with van der Waals surface area (Å²) in [5, 5.41) is 10.2. The summed E-state index contributed by atoms with van der Waals surface area (Å²) in [6.45, 7) is 0. The summed E-state index contributed by atoms with van der Waals surface area (Å²) in [6.07, 6.45) is 2.63. The van der Waals surface area contributed by atoms with Gasteiger partial charge in [-0.25, -0.2) is 9.37 Å². The van der Waals surface area contributed by atoms with Gasteiger partial charge in [-0.1, -0.05) is 17.7 Å². The second kappa shape index (κ2) is 4.85. The second-order valence-electron chi connectivity index (χ2n) is 3.81. The highest BCUT2D eigenvalue weighted by Gasteiger charge is 2.18. The van der Waals surface area contributed by atoms with Crippen LogP contribution in [0, 0.1) is 5.82 Å². The van der Waals surface area contributed by atoms with Crippen molar-refractivity contribution in [1.82, 2.24) is 9.55 Å². The fraction of sp³-hybridized carbons (Fsp3) is 0.250. The predicted molar refractivity (Wildman–Crippen MR) is 63.3 cm³/mol. The Labute approximate surface area is 103 Å². The van der Waals surface area contributed by atoms with Crippen molar-refractivity contribution < 1.29 is 9.50 Å². The largest absolute Gasteiger partial charge is 0.388 e. The van der Waals surface area contributed by atoms with Gasteiger partial charge < -0.3 is 9.67 Å². The molecule has 2 aromatic rings. The van der Waals surface area contributed by atoms with E-state index in [1.54, 1.807) is 23.0 Å². The second-order valence-corrected chi connectivity index (χ2v) is 4.22. The molecule has 0 aliphatic heterocycles. The third kappa shape index (κ3) is 2.48. The maximum Gasteiger partial charge on any atom is 0.130 e. The maximum absolute atomic E-state index is 13.6. The molecule has 17 heavy (non-hydrogen) atoms. The Morgan fingerprint density at radius 3 is 2.88 bits per heavy atom. The molecule has 0 fully saturated rings. The van der Waals surface area contributed by atoms with E-state index >= 15 is 0 Å². The van der Waals surface area contributed by atoms with Crippen molar-refractivity contribution in [3.05, 3.63) is 52.8 Å². The van der Waals surface area contributed by atoms with Gasteiger partial charge in [0.05, 0.1) is 6.10 Å². The molecule has 0 bridgehead atoms. The minimum atomic E-state index is -0.996. The molecular formula is C12H12ClFN2O. The number of rotatable bonds is 3. The molecule has 2 rings (SSSR count). The van der Waals surface area contributed by atoms with Gasteiger partial charge in [0.25, 0.3) is 0 Å². The van der Waals surface area contributed by atoms with E-state index in [1.165, 1.54) is 12.1 Å². The van der Waals surface area contributed by atoms with Crippen LogP contribution < -0.4 is 0 Å². The van der Waals surface area contributed by atoms with E-state index in [2.05, 4.69) is 4.98 Å². The quantitative estimate of drug-likeness (QED) is 0.914. The van der Waals surface area contributed by atoms with E-state index in [0.717, 1.165) is 0 Å². The number of halogens is 2. The number of imidazole rings is 1. The summed E-state index contributed by atoms with van der Waals surface area (Å²) in [5.41, 5.74) is 0.122. The van der Waals surface area contributed by atoms with Crippen LogP contribution in [0.1, 0.15) is 17.5 Å². The zero-order valence-corrected chi connectivity index (χ0v) is 10.0. The van der Waals surface area contributed by atoms with Gasteiger partial charge >= 0.3 is 0 Å². The summed E-state index contributed by atoms with van der Waals surface area (Å²) >= 11 is 5.88. The first-order valence-electron chi connectivity index (χ1n) is 5.17. The summed E-state index contributed by atoms with van der Waals surface area (Å²) in [6, 6.07) is 4.35. The third-order valence-electron chi connectivity index (χ3n) is 2.63. The van der Waals surface area contributed by atoms with E-state index in [4.69, 9.17) is 11.6 Å². The number of aromatic nitrogens is 2. The van der Waals surface area contributed by atoms with E-state index in [1.807, 2.05) is 7.05 Å². The first-order chi connectivity index (χ1) is 8.09. The average Bonchev–Trinajstić information content (AvgIpc) is 2.64. The van der Waals surface area contributed by atoms with E-state index < -0.39 is 11.9 Å². The Kier molecular flexibility index (Phi) is 3.45. The molecule has 5 heteroatoms. The van der Waals surface area contributed by atoms with Gasteiger partial charge in [-0.15, -0.1) is 0 Å². The highest BCUT2D eigenvalue weighted by Crippen LogP contribution is 2.27. The molecule has 0 saturated heterocycles. The van der Waals surface area contributed by atoms with E-state index in [0.29, 0.717) is 5.82 Å². The fourth-order valence-corrected chi connectivity index (χ4v) is 1.99. The normalized spacial score (nSPS) is 12.7. The molecule has 3 nitrogen and oxygen atoms in total. The zero-order valence-electron chi connectivity index (χ0n) is 9.27. The molecule has 0 aliphatic carbocycles. The van der Waals surface area contributed by atoms with E-state index in [9.17, 15) is 9.50 Å². The third-order valence-corrected chi connectivity index (χ3v) is 2.96. The molecule has 1 N–H and O–H groups in total. The number of aliphatic hydroxyl groups is 1. The summed E-state index contributed by atoms with van der Waals surface area (Å²) in [5.74, 6) is 0.177. The molecule has 0 spiro atoms. The average molecular weight is 255 g/mol. The van der Waals surface area contributed by atoms with Crippen molar-refractivity contribution in [3.8, 4) is 0 Å². The van der Waals surface area contributed by atoms with Crippen LogP contribution >= 0.6 is 11.6 Å². The molecule has 1 heterocycles. The Balaban J connectivity index is 2.26. The van der Waals surface area contributed by atoms with Crippen LogP contribution in [0.5, 0.6) is 0 Å². The van der Waals surface area contributed by atoms with Crippen molar-refractivity contribution in [2.24, 2.45) is 7.05 Å². The molecule has 0 amide bonds. The van der Waals surface area contributed by atoms with Crippen LogP contribution in [0.4, 0.5) is 4.39 Å². The summed E-state index contributed by atoms with van der Waals surface area (Å²) in [4.78, 5) is 4.08. The lowest BCUT2D eigenvalue weighted by atomic mass is 10.1. The molecule has 1 unspecified atom stereocenters. The maximum atomic E-state index is 13.6. The number of hydrogen-bond donors (Lipinski definition) is 1. The van der Waals surface area contributed by atoms with E-state index in [-0.39, 0.29) is 17.0 Å². The monoisotopic (exact) mass is 254 g/mol. The first-order valence-corrected chi connectivity index (χ1v) is 5.55. The Bertz CT molecular complexity index is 507. The number of nitrogens with zero attached hydrogens (tertiary/aromatic N) is 2. The number of benzene rings is 1. The van der Waals surface area contributed by atoms with Gasteiger partial charge in [0.2, 0.25) is 0 Å². The van der Waals surface area contributed by atoms with Crippen molar-refractivity contribution >= 4 is 11.6 Å². The van der Waals surface area contributed by atoms with Crippen LogP contribution in [0.25, 0.3) is 0 Å². The Hall–Kier alpha value is -1.39. The highest BCUT2D eigenvalue weighted by molar-refractivity contribution is 6.31. The highest BCUT2D eigenvalue weighted by atomic mass is 35.5. The molecule has 1 aromatic heterocycles. The Morgan fingerprint density at radius 1 is 1.53 bits per heavy atom. The molecular weight excluding hydrogens is 243 g/mol. The number of aliphatic hydroxyl groups excluding tert-OH is 1. The van der Waals surface area contributed by atoms with Crippen LogP contribution in [0.15, 0.2) is 30.6 Å². The van der Waals surface area contributed by atoms with Crippen LogP contribution in [-0.4, -0.2) is 14.7 Å². The minimum absolute atomic E-state index is 0.122. The standard InChI is InChI=1S/C12H12ClFN2O/c1-16-6-5-15-11(16)7-10(17)12-8(13)3-2-4-9(12)14/h2-6,10,17H,7H2,1H3. The van der Waals surface area contributed by atoms with Gasteiger partial charge in [0.1, 0.15) is 11.6 Å². The van der Waals surface area contributed by atoms with Gasteiger partial charge in [0.15, 0.2) is 0 Å². The van der Waals surface area contributed by atoms with Crippen LogP contribution in [0.3, 0.4) is 0 Å². The lowest BCUT2D eigenvalue weighted by molar-refractivity contribution is 0.170. The van der Waals surface area contributed by atoms with Crippen LogP contribution in [0.2, 0.25) is 5.02 Å². The first kappa shape index (κ1) is 12.1. The molecule has 0 saturated carbocycles. The molecule has 0 radical (unpaired) electrons. The van der Waals surface area contributed by atoms with Crippen LogP contribution in [-0.2, 0) is 13.5 Å². The zero-order chi connectivity index (χ0) is 12.4. The minimum Gasteiger partial charge on any atom is -0.388 e. The van der Waals surface area contributed by atoms with Crippen molar-refractivity contribution in [2.45, 2.75) is 12.5 Å². The lowest BCUT2D eigenvalue weighted by Gasteiger charge is -2.13. The van der Waals surface area contributed by atoms with Gasteiger partial charge in [-0.3, -0.25) is 0 Å². The predicted octanol–water partition coefficient (Wildman–Crippen LogP) is 2.49. The van der Waals surface area contributed by atoms with Crippen molar-refractivity contribution in [1.29, 1.82) is 0 Å². The fourth-order valence-electron chi connectivity index (χ4n) is 1.70.